The number of rotatable bonds is 6. The van der Waals surface area contributed by atoms with Crippen LogP contribution < -0.4 is 10.6 Å². The van der Waals surface area contributed by atoms with E-state index in [1.54, 1.807) is 43.4 Å². The molecule has 2 rings (SSSR count). The van der Waals surface area contributed by atoms with Gasteiger partial charge in [0.15, 0.2) is 0 Å². The highest BCUT2D eigenvalue weighted by Crippen LogP contribution is 2.12. The summed E-state index contributed by atoms with van der Waals surface area (Å²) in [6, 6.07) is 14.3. The quantitative estimate of drug-likeness (QED) is 0.764. The van der Waals surface area contributed by atoms with Crippen LogP contribution in [0.1, 0.15) is 27.9 Å². The van der Waals surface area contributed by atoms with Gasteiger partial charge in [0.2, 0.25) is 5.91 Å². The van der Waals surface area contributed by atoms with E-state index in [1.165, 1.54) is 0 Å². The van der Waals surface area contributed by atoms with Gasteiger partial charge in [-0.05, 0) is 41.8 Å². The van der Waals surface area contributed by atoms with Crippen LogP contribution in [0.5, 0.6) is 0 Å². The average Bonchev–Trinajstić information content (AvgIpc) is 2.59. The van der Waals surface area contributed by atoms with E-state index in [1.807, 2.05) is 12.1 Å². The van der Waals surface area contributed by atoms with Crippen molar-refractivity contribution in [3.63, 3.8) is 0 Å². The third-order valence-electron chi connectivity index (χ3n) is 3.45. The maximum atomic E-state index is 12.0. The molecule has 2 amide bonds. The minimum atomic E-state index is -0.142. The molecule has 0 spiro atoms. The van der Waals surface area contributed by atoms with Crippen molar-refractivity contribution in [3.05, 3.63) is 65.2 Å². The van der Waals surface area contributed by atoms with E-state index in [-0.39, 0.29) is 18.4 Å². The molecule has 3 N–H and O–H groups in total. The minimum Gasteiger partial charge on any atom is -0.392 e. The highest BCUT2D eigenvalue weighted by atomic mass is 16.3. The lowest BCUT2D eigenvalue weighted by Gasteiger charge is -2.07. The zero-order chi connectivity index (χ0) is 16.7. The Morgan fingerprint density at radius 3 is 2.52 bits per heavy atom. The Bertz CT molecular complexity index is 698. The van der Waals surface area contributed by atoms with E-state index in [0.29, 0.717) is 24.1 Å². The van der Waals surface area contributed by atoms with Crippen LogP contribution in [-0.4, -0.2) is 24.0 Å². The van der Waals surface area contributed by atoms with Gasteiger partial charge < -0.3 is 15.7 Å². The zero-order valence-electron chi connectivity index (χ0n) is 13.0. The van der Waals surface area contributed by atoms with Crippen molar-refractivity contribution in [2.24, 2.45) is 0 Å². The first-order valence-corrected chi connectivity index (χ1v) is 7.43. The molecule has 23 heavy (non-hydrogen) atoms. The van der Waals surface area contributed by atoms with Gasteiger partial charge in [-0.3, -0.25) is 9.59 Å². The van der Waals surface area contributed by atoms with Gasteiger partial charge in [0.05, 0.1) is 6.61 Å². The van der Waals surface area contributed by atoms with Crippen molar-refractivity contribution in [3.8, 4) is 0 Å². The number of anilines is 1. The number of aliphatic hydroxyl groups excluding tert-OH is 1. The Labute approximate surface area is 135 Å². The van der Waals surface area contributed by atoms with Gasteiger partial charge >= 0.3 is 0 Å². The van der Waals surface area contributed by atoms with Crippen molar-refractivity contribution >= 4 is 17.5 Å². The summed E-state index contributed by atoms with van der Waals surface area (Å²) in [7, 11) is 1.59. The summed E-state index contributed by atoms with van der Waals surface area (Å²) in [6.45, 7) is -0.0595. The van der Waals surface area contributed by atoms with Crippen LogP contribution >= 0.6 is 0 Å². The van der Waals surface area contributed by atoms with Crippen LogP contribution in [0.4, 0.5) is 5.69 Å². The summed E-state index contributed by atoms with van der Waals surface area (Å²) in [5.41, 5.74) is 2.94. The molecule has 0 unspecified atom stereocenters. The first-order chi connectivity index (χ1) is 11.1. The van der Waals surface area contributed by atoms with Crippen LogP contribution in [0.3, 0.4) is 0 Å². The Balaban J connectivity index is 1.92. The number of hydrogen-bond acceptors (Lipinski definition) is 3. The molecule has 0 radical (unpaired) electrons. The van der Waals surface area contributed by atoms with Gasteiger partial charge in [-0.25, -0.2) is 0 Å². The highest BCUT2D eigenvalue weighted by Gasteiger charge is 2.07. The zero-order valence-corrected chi connectivity index (χ0v) is 13.0. The lowest BCUT2D eigenvalue weighted by Crippen LogP contribution is -2.18. The molecule has 0 heterocycles. The Morgan fingerprint density at radius 2 is 1.78 bits per heavy atom. The number of amides is 2. The fraction of sp³-hybridized carbons (Fsp3) is 0.222. The summed E-state index contributed by atoms with van der Waals surface area (Å²) in [4.78, 5) is 23.6. The van der Waals surface area contributed by atoms with Crippen molar-refractivity contribution in [2.75, 3.05) is 12.4 Å². The highest BCUT2D eigenvalue weighted by molar-refractivity contribution is 5.94. The van der Waals surface area contributed by atoms with Gasteiger partial charge in [0, 0.05) is 24.7 Å². The fourth-order valence-electron chi connectivity index (χ4n) is 2.24. The van der Waals surface area contributed by atoms with Gasteiger partial charge in [0.1, 0.15) is 0 Å². The van der Waals surface area contributed by atoms with Crippen LogP contribution in [0.25, 0.3) is 0 Å². The second-order valence-corrected chi connectivity index (χ2v) is 5.19. The van der Waals surface area contributed by atoms with Gasteiger partial charge in [-0.2, -0.15) is 0 Å². The Kier molecular flexibility index (Phi) is 5.88. The predicted molar refractivity (Wildman–Crippen MR) is 89.1 cm³/mol. The SMILES string of the molecule is CNC(=O)c1cccc(CCC(=O)Nc2cccc(CO)c2)c1. The second kappa shape index (κ2) is 8.10. The van der Waals surface area contributed by atoms with E-state index in [4.69, 9.17) is 5.11 Å². The number of aryl methyl sites for hydroxylation is 1. The van der Waals surface area contributed by atoms with Crippen LogP contribution in [0.2, 0.25) is 0 Å². The molecule has 0 aromatic heterocycles. The smallest absolute Gasteiger partial charge is 0.251 e. The van der Waals surface area contributed by atoms with Crippen molar-refractivity contribution in [1.82, 2.24) is 5.32 Å². The molecule has 2 aromatic rings. The normalized spacial score (nSPS) is 10.2. The van der Waals surface area contributed by atoms with Gasteiger partial charge in [-0.15, -0.1) is 0 Å². The first-order valence-electron chi connectivity index (χ1n) is 7.43. The number of carbonyl (C=O) groups is 2. The van der Waals surface area contributed by atoms with Crippen molar-refractivity contribution in [2.45, 2.75) is 19.4 Å². The van der Waals surface area contributed by atoms with E-state index >= 15 is 0 Å². The largest absolute Gasteiger partial charge is 0.392 e. The number of aliphatic hydroxyl groups is 1. The molecule has 2 aromatic carbocycles. The van der Waals surface area contributed by atoms with Crippen LogP contribution in [0.15, 0.2) is 48.5 Å². The maximum Gasteiger partial charge on any atom is 0.251 e. The predicted octanol–water partition coefficient (Wildman–Crippen LogP) is 2.11. The summed E-state index contributed by atoms with van der Waals surface area (Å²) >= 11 is 0. The summed E-state index contributed by atoms with van der Waals surface area (Å²) in [6.07, 6.45) is 0.872. The number of carbonyl (C=O) groups excluding carboxylic acids is 2. The summed E-state index contributed by atoms with van der Waals surface area (Å²) in [5.74, 6) is -0.248. The standard InChI is InChI=1S/C18H20N2O3/c1-19-18(23)15-6-2-4-13(10-15)8-9-17(22)20-16-7-3-5-14(11-16)12-21/h2-7,10-11,21H,8-9,12H2,1H3,(H,19,23)(H,20,22). The molecule has 0 aliphatic carbocycles. The molecule has 120 valence electrons. The van der Waals surface area contributed by atoms with Crippen LogP contribution in [-0.2, 0) is 17.8 Å². The molecule has 0 atom stereocenters. The number of nitrogens with one attached hydrogen (secondary N) is 2. The lowest BCUT2D eigenvalue weighted by molar-refractivity contribution is -0.116. The second-order valence-electron chi connectivity index (χ2n) is 5.19. The summed E-state index contributed by atoms with van der Waals surface area (Å²) < 4.78 is 0. The molecule has 5 heteroatoms. The molecule has 0 fully saturated rings. The number of benzene rings is 2. The monoisotopic (exact) mass is 312 g/mol. The Hall–Kier alpha value is -2.66. The lowest BCUT2D eigenvalue weighted by atomic mass is 10.1. The fourth-order valence-corrected chi connectivity index (χ4v) is 2.24. The minimum absolute atomic E-state index is 0.0595. The molecule has 5 nitrogen and oxygen atoms in total. The van der Waals surface area contributed by atoms with Crippen molar-refractivity contribution < 1.29 is 14.7 Å². The molecule has 0 bridgehead atoms. The molecule has 0 aliphatic rings. The van der Waals surface area contributed by atoms with E-state index in [9.17, 15) is 9.59 Å². The topological polar surface area (TPSA) is 78.4 Å². The molecule has 0 saturated carbocycles. The third kappa shape index (κ3) is 4.93. The molecular formula is C18H20N2O3. The van der Waals surface area contributed by atoms with Gasteiger partial charge in [0.25, 0.3) is 5.91 Å². The Morgan fingerprint density at radius 1 is 1.04 bits per heavy atom. The molecular weight excluding hydrogens is 292 g/mol. The van der Waals surface area contributed by atoms with E-state index < -0.39 is 0 Å². The average molecular weight is 312 g/mol. The van der Waals surface area contributed by atoms with Crippen LogP contribution in [0, 0.1) is 0 Å². The maximum absolute atomic E-state index is 12.0. The first kappa shape index (κ1) is 16.7. The van der Waals surface area contributed by atoms with Crippen molar-refractivity contribution in [1.29, 1.82) is 0 Å². The summed E-state index contributed by atoms with van der Waals surface area (Å²) in [5, 5.41) is 14.5. The molecule has 0 saturated heterocycles. The number of hydrogen-bond donors (Lipinski definition) is 3. The van der Waals surface area contributed by atoms with E-state index in [2.05, 4.69) is 10.6 Å². The third-order valence-corrected chi connectivity index (χ3v) is 3.45. The van der Waals surface area contributed by atoms with E-state index in [0.717, 1.165) is 11.1 Å². The molecule has 0 aliphatic heterocycles. The van der Waals surface area contributed by atoms with Gasteiger partial charge in [-0.1, -0.05) is 24.3 Å².